The highest BCUT2D eigenvalue weighted by atomic mass is 31.2. The van der Waals surface area contributed by atoms with Crippen LogP contribution >= 0.6 is 6.89 Å². The van der Waals surface area contributed by atoms with Crippen LogP contribution in [0.25, 0.3) is 0 Å². The van der Waals surface area contributed by atoms with Crippen LogP contribution in [0.1, 0.15) is 40.8 Å². The molecule has 1 N–H and O–H groups in total. The summed E-state index contributed by atoms with van der Waals surface area (Å²) in [5.41, 5.74) is 1.24. The second kappa shape index (κ2) is 18.9. The van der Waals surface area contributed by atoms with Gasteiger partial charge in [0.05, 0.1) is 18.1 Å². The van der Waals surface area contributed by atoms with Crippen LogP contribution in [0, 0.1) is 12.8 Å². The van der Waals surface area contributed by atoms with E-state index >= 15 is 0 Å². The Labute approximate surface area is 350 Å². The van der Waals surface area contributed by atoms with Crippen molar-refractivity contribution in [3.8, 4) is 0 Å². The summed E-state index contributed by atoms with van der Waals surface area (Å²) in [6.07, 6.45) is 0.0793. The number of alkyl carbamates (subject to hydrolysis) is 1. The van der Waals surface area contributed by atoms with E-state index in [1.807, 2.05) is 118 Å². The summed E-state index contributed by atoms with van der Waals surface area (Å²) in [5.74, 6) is -2.54. The number of esters is 1. The predicted molar refractivity (Wildman–Crippen MR) is 234 cm³/mol. The average Bonchev–Trinajstić information content (AvgIpc) is 3.57. The molecule has 0 bridgehead atoms. The van der Waals surface area contributed by atoms with E-state index in [0.717, 1.165) is 15.9 Å². The van der Waals surface area contributed by atoms with Gasteiger partial charge < -0.3 is 33.0 Å². The van der Waals surface area contributed by atoms with Crippen LogP contribution in [0.5, 0.6) is 0 Å². The van der Waals surface area contributed by atoms with Crippen molar-refractivity contribution in [2.24, 2.45) is 5.92 Å². The molecule has 2 heterocycles. The van der Waals surface area contributed by atoms with Crippen molar-refractivity contribution in [2.45, 2.75) is 65.2 Å². The number of carbonyl (C=O) groups excluding carboxylic acids is 4. The Hall–Kier alpha value is -6.01. The van der Waals surface area contributed by atoms with E-state index < -0.39 is 51.2 Å². The number of aryl methyl sites for hydroxylation is 1. The predicted octanol–water partition coefficient (Wildman–Crippen LogP) is 6.46. The number of hydrogen-bond acceptors (Lipinski definition) is 10. The van der Waals surface area contributed by atoms with E-state index in [9.17, 15) is 24.0 Å². The first-order valence-electron chi connectivity index (χ1n) is 19.6. The van der Waals surface area contributed by atoms with Crippen molar-refractivity contribution in [3.63, 3.8) is 0 Å². The lowest BCUT2D eigenvalue weighted by Crippen LogP contribution is -2.69. The second-order valence-electron chi connectivity index (χ2n) is 15.3. The van der Waals surface area contributed by atoms with Gasteiger partial charge in [0.2, 0.25) is 5.91 Å². The SMILES string of the molecule is C=CCOC(=O)C(N1C(=O)[C@H]([C@@H](C)O[Si](C)(C)C)[C@H]1CC(=O)c1ccc(CNC(=O)OCc2oc(=O)oc2C)cc1)=P(c1ccccc1)(c1ccccc1)c1ccccc1. The van der Waals surface area contributed by atoms with Crippen molar-refractivity contribution < 1.29 is 41.9 Å². The maximum atomic E-state index is 14.9. The molecule has 60 heavy (non-hydrogen) atoms. The van der Waals surface area contributed by atoms with Crippen LogP contribution in [0.2, 0.25) is 19.6 Å². The molecule has 0 saturated carbocycles. The van der Waals surface area contributed by atoms with Crippen LogP contribution in [0.3, 0.4) is 0 Å². The summed E-state index contributed by atoms with van der Waals surface area (Å²) in [5, 5.41) is 5.12. The minimum Gasteiger partial charge on any atom is -0.457 e. The van der Waals surface area contributed by atoms with Gasteiger partial charge in [-0.15, -0.1) is 0 Å². The molecule has 14 heteroatoms. The molecule has 1 saturated heterocycles. The number of β-lactam (4-membered cyclic amide) rings is 1. The molecule has 12 nitrogen and oxygen atoms in total. The molecule has 3 atom stereocenters. The number of rotatable bonds is 17. The van der Waals surface area contributed by atoms with Gasteiger partial charge in [0, 0.05) is 25.4 Å². The van der Waals surface area contributed by atoms with Crippen molar-refractivity contribution in [3.05, 3.63) is 161 Å². The Bertz CT molecular complexity index is 2340. The van der Waals surface area contributed by atoms with Gasteiger partial charge in [-0.25, -0.2) is 14.4 Å². The summed E-state index contributed by atoms with van der Waals surface area (Å²) in [4.78, 5) is 69.4. The summed E-state index contributed by atoms with van der Waals surface area (Å²) in [6, 6.07) is 35.1. The minimum atomic E-state index is -3.21. The fraction of sp³-hybridized carbons (Fsp3) is 0.261. The van der Waals surface area contributed by atoms with E-state index in [2.05, 4.69) is 11.9 Å². The summed E-state index contributed by atoms with van der Waals surface area (Å²) < 4.78 is 27.2. The Balaban J connectivity index is 1.40. The number of ether oxygens (including phenoxy) is 2. The second-order valence-corrected chi connectivity index (χ2v) is 23.1. The highest BCUT2D eigenvalue weighted by Crippen LogP contribution is 2.50. The molecule has 0 spiro atoms. The molecule has 6 rings (SSSR count). The van der Waals surface area contributed by atoms with Gasteiger partial charge in [0.25, 0.3) is 0 Å². The van der Waals surface area contributed by atoms with Crippen LogP contribution in [0.4, 0.5) is 4.79 Å². The van der Waals surface area contributed by atoms with Crippen LogP contribution in [0.15, 0.2) is 142 Å². The highest BCUT2D eigenvalue weighted by Gasteiger charge is 2.56. The molecule has 1 aromatic heterocycles. The van der Waals surface area contributed by atoms with Crippen molar-refractivity contribution >= 4 is 60.3 Å². The third kappa shape index (κ3) is 9.55. The van der Waals surface area contributed by atoms with Crippen LogP contribution in [-0.2, 0) is 36.6 Å². The van der Waals surface area contributed by atoms with Gasteiger partial charge in [-0.1, -0.05) is 128 Å². The number of carbonyl (C=O) groups is 4. The zero-order chi connectivity index (χ0) is 43.0. The third-order valence-electron chi connectivity index (χ3n) is 10.1. The number of nitrogens with one attached hydrogen (secondary N) is 1. The smallest absolute Gasteiger partial charge is 0.457 e. The molecule has 1 aliphatic heterocycles. The van der Waals surface area contributed by atoms with Gasteiger partial charge in [-0.3, -0.25) is 9.59 Å². The molecule has 312 valence electrons. The zero-order valence-electron chi connectivity index (χ0n) is 34.3. The van der Waals surface area contributed by atoms with Gasteiger partial charge in [0.1, 0.15) is 12.0 Å². The zero-order valence-corrected chi connectivity index (χ0v) is 36.2. The largest absolute Gasteiger partial charge is 0.519 e. The van der Waals surface area contributed by atoms with Crippen LogP contribution in [-0.4, -0.2) is 61.1 Å². The van der Waals surface area contributed by atoms with Crippen LogP contribution < -0.4 is 27.1 Å². The lowest BCUT2D eigenvalue weighted by Gasteiger charge is -2.52. The van der Waals surface area contributed by atoms with E-state index in [1.54, 1.807) is 24.3 Å². The molecule has 0 radical (unpaired) electrons. The number of amides is 2. The molecule has 4 aromatic carbocycles. The number of likely N-dealkylation sites (tertiary alicyclic amines) is 1. The first-order valence-corrected chi connectivity index (χ1v) is 24.8. The van der Waals surface area contributed by atoms with Crippen molar-refractivity contribution in [1.29, 1.82) is 0 Å². The third-order valence-corrected chi connectivity index (χ3v) is 15.4. The molecule has 2 amide bonds. The maximum absolute atomic E-state index is 14.9. The number of Topliss-reactive ketones (excluding diaryl/α,β-unsaturated/α-hetero) is 1. The molecular formula is C46H49N2O10PSi. The standard InChI is InChI=1S/C46H49N2O10PSi/c1-7-27-54-44(51)43(59(35-17-11-8-12-18-35,36-19-13-9-14-20-36)37-21-15-10-16-22-37)48-38(41(42(48)50)32(3)58-60(4,5)6)28-39(49)34-25-23-33(24-26-34)29-47-45(52)55-30-40-31(2)56-46(53)57-40/h7-26,32,38,41H,1,27-30H2,2-6H3,(H,47,52)/t32-,38-,41-/m1/s1. The minimum absolute atomic E-state index is 0.0913. The quantitative estimate of drug-likeness (QED) is 0.0276. The monoisotopic (exact) mass is 848 g/mol. The Morgan fingerprint density at radius 2 is 1.38 bits per heavy atom. The molecule has 5 aromatic rings. The van der Waals surface area contributed by atoms with Gasteiger partial charge in [-0.05, 0) is 55.0 Å². The number of benzene rings is 4. The van der Waals surface area contributed by atoms with Gasteiger partial charge >= 0.3 is 17.9 Å². The number of hydrogen-bond donors (Lipinski definition) is 1. The first-order chi connectivity index (χ1) is 28.7. The van der Waals surface area contributed by atoms with E-state index in [4.69, 9.17) is 22.7 Å². The Morgan fingerprint density at radius 3 is 1.87 bits per heavy atom. The van der Waals surface area contributed by atoms with E-state index in [0.29, 0.717) is 11.1 Å². The summed E-state index contributed by atoms with van der Waals surface area (Å²) in [7, 11) is -2.18. The van der Waals surface area contributed by atoms with E-state index in [-0.39, 0.29) is 54.8 Å². The fourth-order valence-electron chi connectivity index (χ4n) is 7.54. The fourth-order valence-corrected chi connectivity index (χ4v) is 13.2. The Morgan fingerprint density at radius 1 is 0.833 bits per heavy atom. The molecule has 1 aliphatic rings. The highest BCUT2D eigenvalue weighted by molar-refractivity contribution is 7.96. The first kappa shape index (κ1) is 43.6. The molecular weight excluding hydrogens is 800 g/mol. The van der Waals surface area contributed by atoms with E-state index in [1.165, 1.54) is 17.9 Å². The van der Waals surface area contributed by atoms with Crippen molar-refractivity contribution in [1.82, 2.24) is 10.2 Å². The summed E-state index contributed by atoms with van der Waals surface area (Å²) >= 11 is 0. The van der Waals surface area contributed by atoms with Crippen molar-refractivity contribution in [2.75, 3.05) is 6.61 Å². The average molecular weight is 849 g/mol. The van der Waals surface area contributed by atoms with Gasteiger partial charge in [0.15, 0.2) is 32.2 Å². The number of nitrogens with zero attached hydrogens (tertiary/aromatic N) is 1. The Kier molecular flexibility index (Phi) is 13.7. The molecule has 1 fully saturated rings. The maximum Gasteiger partial charge on any atom is 0.519 e. The molecule has 0 aliphatic carbocycles. The summed E-state index contributed by atoms with van der Waals surface area (Å²) in [6.45, 7) is 9.79. The topological polar surface area (TPSA) is 155 Å². The lowest BCUT2D eigenvalue weighted by molar-refractivity contribution is -0.156. The lowest BCUT2D eigenvalue weighted by atomic mass is 9.79. The van der Waals surface area contributed by atoms with Gasteiger partial charge in [-0.2, -0.15) is 0 Å². The molecule has 0 unspecified atom stereocenters. The number of ketones is 1. The normalized spacial score (nSPS) is 15.7.